The summed E-state index contributed by atoms with van der Waals surface area (Å²) in [5, 5.41) is 1.21. The average molecular weight is 569 g/mol. The molecule has 3 heteroatoms. The van der Waals surface area contributed by atoms with Crippen LogP contribution in [0.5, 0.6) is 0 Å². The SMILES string of the molecule is C=C(C1CCCCC1)N(CC1CCC(c2ccc(CC)c(C)c2)CC1)c1cccc(-c2cnc(CC)s2)c1.C=CC. The Hall–Kier alpha value is -2.65. The zero-order valence-electron chi connectivity index (χ0n) is 26.1. The number of aryl methyl sites for hydroxylation is 3. The number of allylic oxidation sites excluding steroid dienone is 2. The first-order chi connectivity index (χ1) is 20.0. The third-order valence-electron chi connectivity index (χ3n) is 9.23. The largest absolute Gasteiger partial charge is 0.345 e. The van der Waals surface area contributed by atoms with Crippen LogP contribution in [-0.4, -0.2) is 11.5 Å². The number of nitrogens with zero attached hydrogens (tertiary/aromatic N) is 2. The predicted octanol–water partition coefficient (Wildman–Crippen LogP) is 11.3. The molecule has 2 aliphatic carbocycles. The van der Waals surface area contributed by atoms with Crippen molar-refractivity contribution < 1.29 is 0 Å². The van der Waals surface area contributed by atoms with Crippen LogP contribution in [0, 0.1) is 18.8 Å². The maximum atomic E-state index is 4.75. The highest BCUT2D eigenvalue weighted by Gasteiger charge is 2.28. The molecule has 0 amide bonds. The fourth-order valence-electron chi connectivity index (χ4n) is 6.79. The monoisotopic (exact) mass is 568 g/mol. The molecule has 2 nitrogen and oxygen atoms in total. The number of benzene rings is 2. The number of thiazole rings is 1. The van der Waals surface area contributed by atoms with Gasteiger partial charge in [-0.25, -0.2) is 4.98 Å². The highest BCUT2D eigenvalue weighted by molar-refractivity contribution is 7.15. The Morgan fingerprint density at radius 2 is 1.71 bits per heavy atom. The van der Waals surface area contributed by atoms with Crippen molar-refractivity contribution in [3.05, 3.63) is 95.3 Å². The molecule has 2 saturated carbocycles. The second-order valence-electron chi connectivity index (χ2n) is 12.1. The molecule has 2 fully saturated rings. The van der Waals surface area contributed by atoms with Crippen LogP contribution in [0.1, 0.15) is 106 Å². The fourth-order valence-corrected chi connectivity index (χ4v) is 7.64. The summed E-state index contributed by atoms with van der Waals surface area (Å²) >= 11 is 1.83. The Balaban J connectivity index is 0.00000124. The van der Waals surface area contributed by atoms with E-state index in [4.69, 9.17) is 6.58 Å². The van der Waals surface area contributed by atoms with E-state index in [0.717, 1.165) is 25.3 Å². The second kappa shape index (κ2) is 15.5. The van der Waals surface area contributed by atoms with Crippen LogP contribution in [-0.2, 0) is 12.8 Å². The lowest BCUT2D eigenvalue weighted by molar-refractivity contribution is 0.323. The highest BCUT2D eigenvalue weighted by atomic mass is 32.1. The molecule has 0 unspecified atom stereocenters. The Morgan fingerprint density at radius 1 is 0.976 bits per heavy atom. The van der Waals surface area contributed by atoms with Gasteiger partial charge in [-0.05, 0) is 117 Å². The fraction of sp³-hybridized carbons (Fsp3) is 0.500. The van der Waals surface area contributed by atoms with E-state index in [2.05, 4.69) is 85.9 Å². The number of anilines is 1. The average Bonchev–Trinajstić information content (AvgIpc) is 3.50. The van der Waals surface area contributed by atoms with Gasteiger partial charge in [-0.2, -0.15) is 0 Å². The van der Waals surface area contributed by atoms with Gasteiger partial charge in [-0.1, -0.05) is 76.1 Å². The number of rotatable bonds is 9. The predicted molar refractivity (Wildman–Crippen MR) is 181 cm³/mol. The third-order valence-corrected chi connectivity index (χ3v) is 10.4. The van der Waals surface area contributed by atoms with Gasteiger partial charge in [-0.15, -0.1) is 17.9 Å². The number of hydrogen-bond donors (Lipinski definition) is 0. The first kappa shape index (κ1) is 31.3. The standard InChI is InChI=1S/C35H46N2S.C3H6/c1-5-28-19-20-31(21-25(28)3)30-17-15-27(16-18-30)24-37(26(4)29-11-8-7-9-12-29)33-14-10-13-32(22-33)34-23-36-35(6-2)38-34;1-3-2/h10,13-14,19-23,27,29-30H,4-9,11-12,15-18,24H2,1-3H3;3H,1H2,2H3. The molecular formula is C38H52N2S. The quantitative estimate of drug-likeness (QED) is 0.239. The van der Waals surface area contributed by atoms with E-state index in [-0.39, 0.29) is 0 Å². The van der Waals surface area contributed by atoms with Crippen molar-refractivity contribution in [2.45, 2.75) is 104 Å². The summed E-state index contributed by atoms with van der Waals surface area (Å²) in [6.07, 6.45) is 17.8. The third kappa shape index (κ3) is 8.22. The van der Waals surface area contributed by atoms with Crippen LogP contribution in [0.25, 0.3) is 10.4 Å². The molecule has 1 heterocycles. The molecule has 1 aromatic heterocycles. The van der Waals surface area contributed by atoms with Crippen LogP contribution in [0.2, 0.25) is 0 Å². The summed E-state index contributed by atoms with van der Waals surface area (Å²) in [5.41, 5.74) is 8.48. The molecule has 0 N–H and O–H groups in total. The van der Waals surface area contributed by atoms with Crippen molar-refractivity contribution in [2.75, 3.05) is 11.4 Å². The van der Waals surface area contributed by atoms with Gasteiger partial charge in [0, 0.05) is 24.1 Å². The Bertz CT molecular complexity index is 1260. The topological polar surface area (TPSA) is 16.1 Å². The molecule has 2 aliphatic rings. The maximum absolute atomic E-state index is 4.75. The summed E-state index contributed by atoms with van der Waals surface area (Å²) in [5.74, 6) is 2.06. The lowest BCUT2D eigenvalue weighted by atomic mass is 9.77. The summed E-state index contributed by atoms with van der Waals surface area (Å²) < 4.78 is 0. The maximum Gasteiger partial charge on any atom is 0.0928 e. The molecule has 0 saturated heterocycles. The molecule has 41 heavy (non-hydrogen) atoms. The molecule has 220 valence electrons. The van der Waals surface area contributed by atoms with Gasteiger partial charge in [0.25, 0.3) is 0 Å². The van der Waals surface area contributed by atoms with Crippen LogP contribution in [0.4, 0.5) is 5.69 Å². The first-order valence-corrected chi connectivity index (χ1v) is 17.0. The van der Waals surface area contributed by atoms with Crippen LogP contribution in [0.15, 0.2) is 73.6 Å². The van der Waals surface area contributed by atoms with Crippen LogP contribution in [0.3, 0.4) is 0 Å². The van der Waals surface area contributed by atoms with Gasteiger partial charge < -0.3 is 4.90 Å². The molecule has 0 aliphatic heterocycles. The minimum absolute atomic E-state index is 0.624. The summed E-state index contributed by atoms with van der Waals surface area (Å²) in [7, 11) is 0. The van der Waals surface area contributed by atoms with Crippen molar-refractivity contribution in [2.24, 2.45) is 11.8 Å². The number of aromatic nitrogens is 1. The Morgan fingerprint density at radius 3 is 2.34 bits per heavy atom. The minimum atomic E-state index is 0.624. The molecule has 0 atom stereocenters. The van der Waals surface area contributed by atoms with Gasteiger partial charge in [-0.3, -0.25) is 0 Å². The zero-order valence-corrected chi connectivity index (χ0v) is 26.9. The van der Waals surface area contributed by atoms with Gasteiger partial charge >= 0.3 is 0 Å². The molecule has 3 aromatic rings. The summed E-state index contributed by atoms with van der Waals surface area (Å²) in [4.78, 5) is 8.51. The van der Waals surface area contributed by atoms with Gasteiger partial charge in [0.1, 0.15) is 0 Å². The molecule has 0 bridgehead atoms. The number of hydrogen-bond acceptors (Lipinski definition) is 3. The lowest BCUT2D eigenvalue weighted by Crippen LogP contribution is -2.33. The Kier molecular flexibility index (Phi) is 11.9. The van der Waals surface area contributed by atoms with Gasteiger partial charge in [0.15, 0.2) is 0 Å². The van der Waals surface area contributed by atoms with Crippen molar-refractivity contribution >= 4 is 17.0 Å². The van der Waals surface area contributed by atoms with E-state index in [0.29, 0.717) is 11.8 Å². The van der Waals surface area contributed by atoms with Crippen molar-refractivity contribution in [3.8, 4) is 10.4 Å². The van der Waals surface area contributed by atoms with E-state index >= 15 is 0 Å². The van der Waals surface area contributed by atoms with E-state index < -0.39 is 0 Å². The lowest BCUT2D eigenvalue weighted by Gasteiger charge is -2.38. The molecule has 5 rings (SSSR count). The molecule has 0 spiro atoms. The summed E-state index contributed by atoms with van der Waals surface area (Å²) in [6.45, 7) is 17.8. The second-order valence-corrected chi connectivity index (χ2v) is 13.2. The minimum Gasteiger partial charge on any atom is -0.345 e. The highest BCUT2D eigenvalue weighted by Crippen LogP contribution is 2.40. The van der Waals surface area contributed by atoms with E-state index in [1.54, 1.807) is 11.6 Å². The molecular weight excluding hydrogens is 516 g/mol. The normalized spacial score (nSPS) is 19.2. The van der Waals surface area contributed by atoms with Gasteiger partial charge in [0.2, 0.25) is 0 Å². The van der Waals surface area contributed by atoms with Crippen LogP contribution < -0.4 is 4.90 Å². The van der Waals surface area contributed by atoms with Crippen molar-refractivity contribution in [1.82, 2.24) is 4.98 Å². The van der Waals surface area contributed by atoms with Gasteiger partial charge in [0.05, 0.1) is 9.88 Å². The van der Waals surface area contributed by atoms with E-state index in [1.807, 2.05) is 18.3 Å². The van der Waals surface area contributed by atoms with E-state index in [9.17, 15) is 0 Å². The molecule has 0 radical (unpaired) electrons. The smallest absolute Gasteiger partial charge is 0.0928 e. The Labute approximate surface area is 254 Å². The van der Waals surface area contributed by atoms with Crippen LogP contribution >= 0.6 is 11.3 Å². The zero-order chi connectivity index (χ0) is 29.2. The van der Waals surface area contributed by atoms with Crippen molar-refractivity contribution in [1.29, 1.82) is 0 Å². The summed E-state index contributed by atoms with van der Waals surface area (Å²) in [6, 6.07) is 16.4. The molecule has 2 aromatic carbocycles. The first-order valence-electron chi connectivity index (χ1n) is 16.1. The van der Waals surface area contributed by atoms with Crippen molar-refractivity contribution in [3.63, 3.8) is 0 Å². The van der Waals surface area contributed by atoms with E-state index in [1.165, 1.54) is 95.7 Å².